The molecule has 0 saturated heterocycles. The molecule has 0 atom stereocenters. The Morgan fingerprint density at radius 2 is 1.18 bits per heavy atom. The molecule has 0 aromatic heterocycles. The number of ether oxygens (including phenoxy) is 3. The first-order valence-electron chi connectivity index (χ1n) is 13.6. The molecule has 0 bridgehead atoms. The highest BCUT2D eigenvalue weighted by Gasteiger charge is 2.35. The second-order valence-corrected chi connectivity index (χ2v) is 14.3. The van der Waals surface area contributed by atoms with Gasteiger partial charge in [0, 0.05) is 22.3 Å². The van der Waals surface area contributed by atoms with Gasteiger partial charge < -0.3 is 14.2 Å². The van der Waals surface area contributed by atoms with Gasteiger partial charge in [-0.15, -0.1) is 0 Å². The second kappa shape index (κ2) is 11.6. The zero-order chi connectivity index (χ0) is 30.8. The van der Waals surface area contributed by atoms with Crippen molar-refractivity contribution in [2.75, 3.05) is 7.11 Å². The van der Waals surface area contributed by atoms with Gasteiger partial charge in [-0.05, 0) is 94.9 Å². The molecular formula is C34H46O6. The highest BCUT2D eigenvalue weighted by atomic mass is 16.5. The Morgan fingerprint density at radius 3 is 1.60 bits per heavy atom. The van der Waals surface area contributed by atoms with E-state index in [0.717, 1.165) is 11.1 Å². The lowest BCUT2D eigenvalue weighted by Crippen LogP contribution is -2.29. The summed E-state index contributed by atoms with van der Waals surface area (Å²) >= 11 is 0. The van der Waals surface area contributed by atoms with Crippen molar-refractivity contribution in [1.29, 1.82) is 0 Å². The molecule has 2 rings (SSSR count). The van der Waals surface area contributed by atoms with Crippen LogP contribution < -0.4 is 14.2 Å². The molecular weight excluding hydrogens is 504 g/mol. The van der Waals surface area contributed by atoms with Crippen molar-refractivity contribution in [3.63, 3.8) is 0 Å². The topological polar surface area (TPSA) is 78.9 Å². The van der Waals surface area contributed by atoms with Gasteiger partial charge in [-0.2, -0.15) is 0 Å². The molecule has 0 heterocycles. The molecule has 218 valence electrons. The smallest absolute Gasteiger partial charge is 0.316 e. The first-order valence-corrected chi connectivity index (χ1v) is 13.6. The Kier molecular flexibility index (Phi) is 9.51. The fourth-order valence-electron chi connectivity index (χ4n) is 3.81. The van der Waals surface area contributed by atoms with Crippen LogP contribution in [0.5, 0.6) is 17.2 Å². The Bertz CT molecular complexity index is 1280. The van der Waals surface area contributed by atoms with E-state index in [-0.39, 0.29) is 23.1 Å². The molecule has 0 aliphatic rings. The molecule has 40 heavy (non-hydrogen) atoms. The first kappa shape index (κ1) is 32.8. The molecule has 6 nitrogen and oxygen atoms in total. The monoisotopic (exact) mass is 550 g/mol. The van der Waals surface area contributed by atoms with E-state index in [4.69, 9.17) is 14.2 Å². The summed E-state index contributed by atoms with van der Waals surface area (Å²) in [5.41, 5.74) is 0.632. The van der Waals surface area contributed by atoms with Gasteiger partial charge in [-0.1, -0.05) is 41.5 Å². The lowest BCUT2D eigenvalue weighted by atomic mass is 9.77. The number of hydrogen-bond donors (Lipinski definition) is 0. The summed E-state index contributed by atoms with van der Waals surface area (Å²) in [6.07, 6.45) is 3.22. The molecule has 0 amide bonds. The molecule has 0 aliphatic heterocycles. The van der Waals surface area contributed by atoms with Crippen molar-refractivity contribution in [1.82, 2.24) is 0 Å². The van der Waals surface area contributed by atoms with Gasteiger partial charge >= 0.3 is 11.9 Å². The fourth-order valence-corrected chi connectivity index (χ4v) is 3.81. The minimum absolute atomic E-state index is 0.214. The molecule has 0 N–H and O–H groups in total. The Hall–Kier alpha value is -3.41. The van der Waals surface area contributed by atoms with Gasteiger partial charge in [0.15, 0.2) is 5.78 Å². The number of hydrogen-bond acceptors (Lipinski definition) is 6. The van der Waals surface area contributed by atoms with E-state index in [1.807, 2.05) is 47.6 Å². The Balaban J connectivity index is 2.59. The largest absolute Gasteiger partial charge is 0.496 e. The zero-order valence-corrected chi connectivity index (χ0v) is 26.5. The summed E-state index contributed by atoms with van der Waals surface area (Å²) in [6.45, 7) is 23.1. The van der Waals surface area contributed by atoms with Gasteiger partial charge in [0.2, 0.25) is 0 Å². The number of allylic oxidation sites excluding steroid dienone is 1. The standard InChI is InChI=1S/C34H46O6/c1-31(2,3)24-20-22(27(38-13)26(32(4,5)6)28(24)40-30(37)34(10,11)12)16-19-25(35)21-14-17-23(18-15-21)39-29(36)33(7,8)9/h14-20H,1-13H3. The minimum Gasteiger partial charge on any atom is -0.496 e. The second-order valence-electron chi connectivity index (χ2n) is 14.3. The average molecular weight is 551 g/mol. The fraction of sp³-hybridized carbons (Fsp3) is 0.500. The van der Waals surface area contributed by atoms with E-state index in [1.54, 1.807) is 58.2 Å². The lowest BCUT2D eigenvalue weighted by Gasteiger charge is -2.32. The van der Waals surface area contributed by atoms with Gasteiger partial charge in [-0.25, -0.2) is 0 Å². The Morgan fingerprint density at radius 1 is 0.675 bits per heavy atom. The number of methoxy groups -OCH3 is 1. The molecule has 0 saturated carbocycles. The molecule has 0 spiro atoms. The average Bonchev–Trinajstić information content (AvgIpc) is 2.80. The third kappa shape index (κ3) is 8.06. The molecule has 0 aliphatic carbocycles. The van der Waals surface area contributed by atoms with E-state index < -0.39 is 16.2 Å². The third-order valence-corrected chi connectivity index (χ3v) is 6.21. The maximum Gasteiger partial charge on any atom is 0.316 e. The third-order valence-electron chi connectivity index (χ3n) is 6.21. The summed E-state index contributed by atoms with van der Waals surface area (Å²) in [6, 6.07) is 8.41. The highest BCUT2D eigenvalue weighted by Crippen LogP contribution is 2.47. The summed E-state index contributed by atoms with van der Waals surface area (Å²) in [7, 11) is 1.58. The SMILES string of the molecule is COc1c(C=CC(=O)c2ccc(OC(=O)C(C)(C)C)cc2)cc(C(C)(C)C)c(OC(=O)C(C)(C)C)c1C(C)(C)C. The normalized spacial score (nSPS) is 12.8. The van der Waals surface area contributed by atoms with Gasteiger partial charge in [0.1, 0.15) is 17.2 Å². The zero-order valence-electron chi connectivity index (χ0n) is 26.5. The molecule has 2 aromatic rings. The summed E-state index contributed by atoms with van der Waals surface area (Å²) in [5, 5.41) is 0. The van der Waals surface area contributed by atoms with Crippen molar-refractivity contribution in [3.05, 3.63) is 58.7 Å². The van der Waals surface area contributed by atoms with Crippen molar-refractivity contribution in [2.45, 2.75) is 93.9 Å². The van der Waals surface area contributed by atoms with Gasteiger partial charge in [-0.3, -0.25) is 14.4 Å². The van der Waals surface area contributed by atoms with Crippen molar-refractivity contribution in [2.24, 2.45) is 10.8 Å². The predicted octanol–water partition coefficient (Wildman–Crippen LogP) is 8.09. The molecule has 6 heteroatoms. The van der Waals surface area contributed by atoms with Gasteiger partial charge in [0.25, 0.3) is 0 Å². The summed E-state index contributed by atoms with van der Waals surface area (Å²) in [5.74, 6) is 0.534. The van der Waals surface area contributed by atoms with Crippen LogP contribution in [0, 0.1) is 10.8 Å². The minimum atomic E-state index is -0.691. The van der Waals surface area contributed by atoms with Crippen LogP contribution in [0.15, 0.2) is 36.4 Å². The van der Waals surface area contributed by atoms with Crippen LogP contribution in [0.2, 0.25) is 0 Å². The van der Waals surface area contributed by atoms with Crippen LogP contribution in [-0.2, 0) is 20.4 Å². The number of esters is 2. The van der Waals surface area contributed by atoms with Crippen molar-refractivity contribution in [3.8, 4) is 17.2 Å². The van der Waals surface area contributed by atoms with Crippen LogP contribution in [-0.4, -0.2) is 24.8 Å². The molecule has 0 radical (unpaired) electrons. The van der Waals surface area contributed by atoms with Gasteiger partial charge in [0.05, 0.1) is 17.9 Å². The highest BCUT2D eigenvalue weighted by molar-refractivity contribution is 6.07. The van der Waals surface area contributed by atoms with Crippen LogP contribution in [0.4, 0.5) is 0 Å². The van der Waals surface area contributed by atoms with Crippen LogP contribution in [0.25, 0.3) is 6.08 Å². The van der Waals surface area contributed by atoms with Crippen LogP contribution in [0.1, 0.15) is 110 Å². The number of benzene rings is 2. The number of carbonyl (C=O) groups is 3. The summed E-state index contributed by atoms with van der Waals surface area (Å²) < 4.78 is 17.4. The maximum absolute atomic E-state index is 13.1. The number of carbonyl (C=O) groups excluding carboxylic acids is 3. The molecule has 0 fully saturated rings. The molecule has 2 aromatic carbocycles. The summed E-state index contributed by atoms with van der Waals surface area (Å²) in [4.78, 5) is 38.3. The van der Waals surface area contributed by atoms with E-state index in [0.29, 0.717) is 28.4 Å². The van der Waals surface area contributed by atoms with E-state index in [9.17, 15) is 14.4 Å². The van der Waals surface area contributed by atoms with Crippen LogP contribution >= 0.6 is 0 Å². The lowest BCUT2D eigenvalue weighted by molar-refractivity contribution is -0.143. The van der Waals surface area contributed by atoms with E-state index >= 15 is 0 Å². The Labute approximate surface area is 240 Å². The van der Waals surface area contributed by atoms with Crippen molar-refractivity contribution >= 4 is 23.8 Å². The molecule has 0 unspecified atom stereocenters. The first-order chi connectivity index (χ1) is 18.1. The predicted molar refractivity (Wildman–Crippen MR) is 160 cm³/mol. The van der Waals surface area contributed by atoms with E-state index in [2.05, 4.69) is 20.8 Å². The van der Waals surface area contributed by atoms with Crippen LogP contribution in [0.3, 0.4) is 0 Å². The quantitative estimate of drug-likeness (QED) is 0.157. The number of rotatable bonds is 6. The van der Waals surface area contributed by atoms with E-state index in [1.165, 1.54) is 6.08 Å². The van der Waals surface area contributed by atoms with Crippen molar-refractivity contribution < 1.29 is 28.6 Å². The number of ketones is 1. The maximum atomic E-state index is 13.1.